The molecule has 0 saturated carbocycles. The molecule has 2 rings (SSSR count). The maximum atomic E-state index is 12.2. The minimum Gasteiger partial charge on any atom is -0.447 e. The van der Waals surface area contributed by atoms with Gasteiger partial charge in [-0.1, -0.05) is 54.3 Å². The lowest BCUT2D eigenvalue weighted by Gasteiger charge is -2.10. The lowest BCUT2D eigenvalue weighted by Crippen LogP contribution is -2.27. The molecule has 0 aliphatic carbocycles. The van der Waals surface area contributed by atoms with Gasteiger partial charge in [0, 0.05) is 0 Å². The topological polar surface area (TPSA) is 49.3 Å². The Kier molecular flexibility index (Phi) is 4.71. The summed E-state index contributed by atoms with van der Waals surface area (Å²) in [5.41, 5.74) is 1.43. The molecule has 2 aromatic carbocycles. The van der Waals surface area contributed by atoms with Gasteiger partial charge >= 0.3 is 6.92 Å². The first kappa shape index (κ1) is 14.9. The van der Waals surface area contributed by atoms with E-state index < -0.39 is 6.92 Å². The van der Waals surface area contributed by atoms with Crippen molar-refractivity contribution in [3.8, 4) is 0 Å². The predicted octanol–water partition coefficient (Wildman–Crippen LogP) is 3.07. The van der Waals surface area contributed by atoms with Gasteiger partial charge < -0.3 is 10.3 Å². The zero-order chi connectivity index (χ0) is 14.7. The van der Waals surface area contributed by atoms with Gasteiger partial charge in [0.2, 0.25) is 0 Å². The second-order valence-electron chi connectivity index (χ2n) is 4.35. The molecule has 0 spiro atoms. The van der Waals surface area contributed by atoms with E-state index in [0.29, 0.717) is 26.8 Å². The Morgan fingerprint density at radius 2 is 1.85 bits per heavy atom. The number of anilines is 1. The van der Waals surface area contributed by atoms with Gasteiger partial charge in [0.05, 0.1) is 21.3 Å². The number of carbonyl (C=O) groups is 1. The number of para-hydroxylation sites is 1. The average Bonchev–Trinajstić information content (AvgIpc) is 2.41. The quantitative estimate of drug-likeness (QED) is 0.856. The van der Waals surface area contributed by atoms with Crippen molar-refractivity contribution in [3.05, 3.63) is 58.1 Å². The molecule has 0 atom stereocenters. The SMILES string of the molecule is CB(O)c1ccc(Cl)c(C(=O)Nc2ccccc2Cl)c1. The van der Waals surface area contributed by atoms with Crippen molar-refractivity contribution >= 4 is 47.2 Å². The van der Waals surface area contributed by atoms with Crippen LogP contribution in [0, 0.1) is 0 Å². The summed E-state index contributed by atoms with van der Waals surface area (Å²) in [6, 6.07) is 11.8. The van der Waals surface area contributed by atoms with Crippen LogP contribution in [-0.4, -0.2) is 17.8 Å². The van der Waals surface area contributed by atoms with E-state index in [4.69, 9.17) is 23.2 Å². The van der Waals surface area contributed by atoms with E-state index >= 15 is 0 Å². The van der Waals surface area contributed by atoms with Gasteiger partial charge in [0.1, 0.15) is 0 Å². The Morgan fingerprint density at radius 1 is 1.15 bits per heavy atom. The maximum absolute atomic E-state index is 12.2. The monoisotopic (exact) mass is 307 g/mol. The Hall–Kier alpha value is -1.49. The molecule has 0 fully saturated rings. The van der Waals surface area contributed by atoms with Crippen LogP contribution in [0.15, 0.2) is 42.5 Å². The van der Waals surface area contributed by atoms with Crippen LogP contribution in [0.5, 0.6) is 0 Å². The van der Waals surface area contributed by atoms with E-state index in [2.05, 4.69) is 5.32 Å². The second-order valence-corrected chi connectivity index (χ2v) is 5.16. The molecule has 2 N–H and O–H groups in total. The second kappa shape index (κ2) is 6.31. The predicted molar refractivity (Wildman–Crippen MR) is 84.3 cm³/mol. The molecule has 0 bridgehead atoms. The molecule has 0 aliphatic heterocycles. The molecule has 1 amide bonds. The first-order chi connectivity index (χ1) is 9.49. The van der Waals surface area contributed by atoms with Crippen LogP contribution in [0.25, 0.3) is 0 Å². The van der Waals surface area contributed by atoms with Crippen molar-refractivity contribution in [2.24, 2.45) is 0 Å². The first-order valence-electron chi connectivity index (χ1n) is 6.02. The molecule has 20 heavy (non-hydrogen) atoms. The first-order valence-corrected chi connectivity index (χ1v) is 6.78. The van der Waals surface area contributed by atoms with E-state index in [1.54, 1.807) is 49.3 Å². The average molecular weight is 308 g/mol. The van der Waals surface area contributed by atoms with Crippen LogP contribution in [0.1, 0.15) is 10.4 Å². The normalized spacial score (nSPS) is 10.2. The molecule has 0 saturated heterocycles. The fourth-order valence-corrected chi connectivity index (χ4v) is 2.12. The van der Waals surface area contributed by atoms with Gasteiger partial charge in [0.25, 0.3) is 5.91 Å². The Morgan fingerprint density at radius 3 is 2.50 bits per heavy atom. The standard InChI is InChI=1S/C14H12BCl2NO2/c1-15(20)9-6-7-11(16)10(8-9)14(19)18-13-5-3-2-4-12(13)17/h2-8,20H,1H3,(H,18,19). The molecule has 0 radical (unpaired) electrons. The maximum Gasteiger partial charge on any atom is 0.320 e. The summed E-state index contributed by atoms with van der Waals surface area (Å²) in [6.07, 6.45) is 0. The van der Waals surface area contributed by atoms with Crippen LogP contribution in [0.4, 0.5) is 5.69 Å². The minimum absolute atomic E-state index is 0.296. The van der Waals surface area contributed by atoms with Crippen molar-refractivity contribution in [2.45, 2.75) is 6.82 Å². The Labute approximate surface area is 127 Å². The summed E-state index contributed by atoms with van der Waals surface area (Å²) in [4.78, 5) is 12.2. The van der Waals surface area contributed by atoms with Gasteiger partial charge in [-0.3, -0.25) is 4.79 Å². The number of hydrogen-bond acceptors (Lipinski definition) is 2. The number of benzene rings is 2. The van der Waals surface area contributed by atoms with Crippen LogP contribution >= 0.6 is 23.2 Å². The van der Waals surface area contributed by atoms with Crippen LogP contribution in [0.3, 0.4) is 0 Å². The smallest absolute Gasteiger partial charge is 0.320 e. The van der Waals surface area contributed by atoms with Crippen molar-refractivity contribution < 1.29 is 9.82 Å². The number of nitrogens with one attached hydrogen (secondary N) is 1. The van der Waals surface area contributed by atoms with Crippen molar-refractivity contribution in [1.82, 2.24) is 0 Å². The van der Waals surface area contributed by atoms with Crippen molar-refractivity contribution in [2.75, 3.05) is 5.32 Å². The van der Waals surface area contributed by atoms with Gasteiger partial charge in [-0.25, -0.2) is 0 Å². The fourth-order valence-electron chi connectivity index (χ4n) is 1.73. The van der Waals surface area contributed by atoms with E-state index in [9.17, 15) is 9.82 Å². The third-order valence-electron chi connectivity index (χ3n) is 2.84. The summed E-state index contributed by atoms with van der Waals surface area (Å²) in [5.74, 6) is -0.370. The number of carbonyl (C=O) groups excluding carboxylic acids is 1. The van der Waals surface area contributed by atoms with E-state index in [0.717, 1.165) is 0 Å². The van der Waals surface area contributed by atoms with E-state index in [1.807, 2.05) is 0 Å². The molecular weight excluding hydrogens is 296 g/mol. The highest BCUT2D eigenvalue weighted by molar-refractivity contribution is 6.65. The van der Waals surface area contributed by atoms with Gasteiger partial charge in [-0.15, -0.1) is 0 Å². The van der Waals surface area contributed by atoms with Crippen LogP contribution in [0.2, 0.25) is 16.9 Å². The lowest BCUT2D eigenvalue weighted by molar-refractivity contribution is 0.102. The summed E-state index contributed by atoms with van der Waals surface area (Å²) in [6.45, 7) is 0.957. The highest BCUT2D eigenvalue weighted by atomic mass is 35.5. The number of halogens is 2. The largest absolute Gasteiger partial charge is 0.447 e. The molecule has 0 aromatic heterocycles. The van der Waals surface area contributed by atoms with Crippen molar-refractivity contribution in [3.63, 3.8) is 0 Å². The molecule has 3 nitrogen and oxygen atoms in total. The summed E-state index contributed by atoms with van der Waals surface area (Å²) < 4.78 is 0. The highest BCUT2D eigenvalue weighted by Gasteiger charge is 2.15. The highest BCUT2D eigenvalue weighted by Crippen LogP contribution is 2.22. The molecule has 0 aliphatic rings. The lowest BCUT2D eigenvalue weighted by atomic mass is 9.64. The van der Waals surface area contributed by atoms with Crippen LogP contribution < -0.4 is 10.8 Å². The molecule has 0 heterocycles. The zero-order valence-electron chi connectivity index (χ0n) is 10.7. The molecule has 6 heteroatoms. The molecule has 0 unspecified atom stereocenters. The van der Waals surface area contributed by atoms with E-state index in [-0.39, 0.29) is 5.91 Å². The molecular formula is C14H12BCl2NO2. The number of hydrogen-bond donors (Lipinski definition) is 2. The zero-order valence-corrected chi connectivity index (χ0v) is 12.2. The molecule has 2 aromatic rings. The summed E-state index contributed by atoms with van der Waals surface area (Å²) in [7, 11) is 0. The number of amides is 1. The third-order valence-corrected chi connectivity index (χ3v) is 3.50. The molecule has 102 valence electrons. The van der Waals surface area contributed by atoms with Crippen LogP contribution in [-0.2, 0) is 0 Å². The Balaban J connectivity index is 2.30. The van der Waals surface area contributed by atoms with Gasteiger partial charge in [-0.2, -0.15) is 0 Å². The summed E-state index contributed by atoms with van der Waals surface area (Å²) >= 11 is 12.0. The van der Waals surface area contributed by atoms with Gasteiger partial charge in [-0.05, 0) is 23.7 Å². The van der Waals surface area contributed by atoms with Gasteiger partial charge in [0.15, 0.2) is 0 Å². The van der Waals surface area contributed by atoms with Crippen molar-refractivity contribution in [1.29, 1.82) is 0 Å². The fraction of sp³-hybridized carbons (Fsp3) is 0.0714. The Bertz CT molecular complexity index is 647. The minimum atomic E-state index is -0.667. The van der Waals surface area contributed by atoms with E-state index in [1.165, 1.54) is 0 Å². The third kappa shape index (κ3) is 3.34. The summed E-state index contributed by atoms with van der Waals surface area (Å²) in [5, 5.41) is 13.0. The number of rotatable bonds is 3.